The van der Waals surface area contributed by atoms with Gasteiger partial charge in [-0.15, -0.1) is 0 Å². The van der Waals surface area contributed by atoms with Gasteiger partial charge in [-0.25, -0.2) is 0 Å². The fourth-order valence-corrected chi connectivity index (χ4v) is 2.43. The van der Waals surface area contributed by atoms with E-state index in [-0.39, 0.29) is 28.1 Å². The van der Waals surface area contributed by atoms with Crippen LogP contribution in [-0.2, 0) is 13.6 Å². The Hall–Kier alpha value is -0.310. The summed E-state index contributed by atoms with van der Waals surface area (Å²) in [7, 11) is 1.37. The molecule has 0 N–H and O–H groups in total. The molecular formula is C13H10I3N2O4-. The number of benzene rings is 1. The first-order valence-electron chi connectivity index (χ1n) is 6.12. The van der Waals surface area contributed by atoms with Crippen LogP contribution in [0.4, 0.5) is 0 Å². The predicted octanol–water partition coefficient (Wildman–Crippen LogP) is -1.76. The van der Waals surface area contributed by atoms with Crippen molar-refractivity contribution in [1.29, 1.82) is 0 Å². The molecule has 0 aliphatic carbocycles. The molecule has 0 radical (unpaired) electrons. The quantitative estimate of drug-likeness (QED) is 0.297. The van der Waals surface area contributed by atoms with Crippen LogP contribution in [0, 0.1) is 0 Å². The van der Waals surface area contributed by atoms with Gasteiger partial charge >= 0.3 is 50.5 Å². The summed E-state index contributed by atoms with van der Waals surface area (Å²) >= 11 is 5.30. The van der Waals surface area contributed by atoms with E-state index in [9.17, 15) is 19.2 Å². The molecule has 0 atom stereocenters. The second-order valence-electron chi connectivity index (χ2n) is 4.52. The summed E-state index contributed by atoms with van der Waals surface area (Å²) in [6, 6.07) is 2.70. The summed E-state index contributed by atoms with van der Waals surface area (Å²) in [5.74, 6) is 0. The number of hydrogen-bond acceptors (Lipinski definition) is 4. The van der Waals surface area contributed by atoms with Gasteiger partial charge in [0.1, 0.15) is 0 Å². The molecule has 0 spiro atoms. The van der Waals surface area contributed by atoms with Crippen LogP contribution < -0.4 is 35.5 Å². The molecule has 0 unspecified atom stereocenters. The van der Waals surface area contributed by atoms with Crippen molar-refractivity contribution in [2.75, 3.05) is 0 Å². The molecule has 0 saturated heterocycles. The summed E-state index contributed by atoms with van der Waals surface area (Å²) in [5, 5.41) is 0.764. The van der Waals surface area contributed by atoms with Crippen molar-refractivity contribution in [2.45, 2.75) is 13.5 Å². The number of nitrogens with zero attached hydrogens (tertiary/aromatic N) is 2. The molecule has 3 aromatic rings. The Balaban J connectivity index is 0.000000545. The second-order valence-corrected chi connectivity index (χ2v) is 20.8. The minimum atomic E-state index is -0.446. The summed E-state index contributed by atoms with van der Waals surface area (Å²) in [5.41, 5.74) is -1.73. The van der Waals surface area contributed by atoms with Crippen LogP contribution in [0.5, 0.6) is 0 Å². The number of halogens is 3. The molecule has 0 aliphatic rings. The summed E-state index contributed by atoms with van der Waals surface area (Å²) < 4.78 is 2.07. The predicted molar refractivity (Wildman–Crippen MR) is 99.6 cm³/mol. The Bertz CT molecular complexity index is 979. The van der Waals surface area contributed by atoms with E-state index in [2.05, 4.69) is 37.2 Å². The van der Waals surface area contributed by atoms with Crippen molar-refractivity contribution in [2.24, 2.45) is 7.05 Å². The van der Waals surface area contributed by atoms with E-state index in [1.807, 2.05) is 0 Å². The molecule has 0 saturated carbocycles. The third-order valence-electron chi connectivity index (χ3n) is 3.50. The molecule has 6 nitrogen and oxygen atoms in total. The maximum atomic E-state index is 12.0. The van der Waals surface area contributed by atoms with Crippen LogP contribution in [0.15, 0.2) is 31.3 Å². The Morgan fingerprint density at radius 2 is 1.18 bits per heavy atom. The topological polar surface area (TPSA) is 78.1 Å². The zero-order valence-corrected chi connectivity index (χ0v) is 18.0. The standard InChI is InChI=1S/C13H10N2O4.I3/c1-3-15-12(18)8-4-6-7(5-9(8)13(15)19)11(17)14(2)10(6)16;1-3-2/h4-5H,3H2,1-2H3;/q;-1. The molecule has 118 valence electrons. The number of aromatic nitrogens is 2. The van der Waals surface area contributed by atoms with E-state index in [0.717, 1.165) is 9.13 Å². The van der Waals surface area contributed by atoms with E-state index in [0.29, 0.717) is 13.3 Å². The molecule has 0 bridgehead atoms. The van der Waals surface area contributed by atoms with Gasteiger partial charge in [0.15, 0.2) is 0 Å². The van der Waals surface area contributed by atoms with Gasteiger partial charge in [-0.05, 0) is 19.1 Å². The third-order valence-corrected chi connectivity index (χ3v) is 3.50. The number of fused-ring (bicyclic) bond motifs is 2. The Labute approximate surface area is 153 Å². The van der Waals surface area contributed by atoms with Crippen molar-refractivity contribution in [3.8, 4) is 0 Å². The first-order chi connectivity index (χ1) is 10.4. The molecule has 2 aromatic heterocycles. The molecule has 22 heavy (non-hydrogen) atoms. The van der Waals surface area contributed by atoms with Gasteiger partial charge in [-0.2, -0.15) is 0 Å². The molecular weight excluding hydrogens is 629 g/mol. The van der Waals surface area contributed by atoms with Crippen LogP contribution in [0.3, 0.4) is 0 Å². The average molecular weight is 639 g/mol. The molecule has 0 fully saturated rings. The van der Waals surface area contributed by atoms with Crippen molar-refractivity contribution >= 4 is 58.8 Å². The van der Waals surface area contributed by atoms with Crippen LogP contribution >= 0.6 is 37.2 Å². The normalized spacial score (nSPS) is 11.1. The molecule has 1 aromatic carbocycles. The fraction of sp³-hybridized carbons (Fsp3) is 0.231. The van der Waals surface area contributed by atoms with E-state index in [4.69, 9.17) is 0 Å². The van der Waals surface area contributed by atoms with Gasteiger partial charge in [0, 0.05) is 13.6 Å². The van der Waals surface area contributed by atoms with Crippen LogP contribution in [-0.4, -0.2) is 9.13 Å². The summed E-state index contributed by atoms with van der Waals surface area (Å²) in [6.07, 6.45) is 0. The van der Waals surface area contributed by atoms with E-state index in [1.165, 1.54) is 19.2 Å². The molecule has 9 heteroatoms. The van der Waals surface area contributed by atoms with E-state index < -0.39 is 22.2 Å². The Kier molecular flexibility index (Phi) is 5.79. The zero-order valence-electron chi connectivity index (χ0n) is 11.5. The second kappa shape index (κ2) is 7.07. The van der Waals surface area contributed by atoms with Crippen molar-refractivity contribution in [3.63, 3.8) is 0 Å². The summed E-state index contributed by atoms with van der Waals surface area (Å²) in [6.45, 7) is 1.96. The van der Waals surface area contributed by atoms with Gasteiger partial charge in [0.2, 0.25) is 0 Å². The average Bonchev–Trinajstić information content (AvgIpc) is 2.86. The number of rotatable bonds is 1. The monoisotopic (exact) mass is 639 g/mol. The van der Waals surface area contributed by atoms with Gasteiger partial charge < -0.3 is 0 Å². The molecule has 0 aliphatic heterocycles. The van der Waals surface area contributed by atoms with Gasteiger partial charge in [0.25, 0.3) is 22.2 Å². The maximum absolute atomic E-state index is 12.0. The first-order valence-corrected chi connectivity index (χ1v) is 18.7. The van der Waals surface area contributed by atoms with E-state index in [1.54, 1.807) is 6.92 Å². The Morgan fingerprint density at radius 1 is 0.864 bits per heavy atom. The van der Waals surface area contributed by atoms with Crippen LogP contribution in [0.2, 0.25) is 0 Å². The third kappa shape index (κ3) is 2.79. The first kappa shape index (κ1) is 18.0. The van der Waals surface area contributed by atoms with E-state index >= 15 is 0 Å². The van der Waals surface area contributed by atoms with Crippen molar-refractivity contribution in [3.05, 3.63) is 53.5 Å². The van der Waals surface area contributed by atoms with Crippen molar-refractivity contribution in [1.82, 2.24) is 9.13 Å². The van der Waals surface area contributed by atoms with Gasteiger partial charge in [-0.1, -0.05) is 0 Å². The molecule has 0 amide bonds. The van der Waals surface area contributed by atoms with Crippen molar-refractivity contribution < 1.29 is 13.3 Å². The van der Waals surface area contributed by atoms with Gasteiger partial charge in [0.05, 0.1) is 21.5 Å². The molecule has 3 rings (SSSR count). The van der Waals surface area contributed by atoms with Crippen LogP contribution in [0.25, 0.3) is 21.5 Å². The Morgan fingerprint density at radius 3 is 1.50 bits per heavy atom. The summed E-state index contributed by atoms with van der Waals surface area (Å²) in [4.78, 5) is 47.7. The SMILES string of the molecule is CCn1c(=O)c2cc3c(=O)n(C)c(=O)c3cc2c1=O.I[I-]I. The zero-order chi connectivity index (χ0) is 16.6. The van der Waals surface area contributed by atoms with Crippen LogP contribution in [0.1, 0.15) is 6.92 Å². The minimum absolute atomic E-state index is 0.186. The molecule has 2 heterocycles. The number of hydrogen-bond donors (Lipinski definition) is 0. The van der Waals surface area contributed by atoms with Gasteiger partial charge in [-0.3, -0.25) is 28.3 Å². The fourth-order valence-electron chi connectivity index (χ4n) is 2.43.